The molecule has 0 aliphatic heterocycles. The Morgan fingerprint density at radius 3 is 2.54 bits per heavy atom. The van der Waals surface area contributed by atoms with E-state index in [1.807, 2.05) is 0 Å². The van der Waals surface area contributed by atoms with Crippen LogP contribution in [0.1, 0.15) is 56.3 Å². The highest BCUT2D eigenvalue weighted by atomic mass is 79.9. The van der Waals surface area contributed by atoms with Gasteiger partial charge in [0.25, 0.3) is 5.91 Å². The first kappa shape index (κ1) is 18.8. The van der Waals surface area contributed by atoms with Crippen LogP contribution in [0.15, 0.2) is 22.7 Å². The van der Waals surface area contributed by atoms with Gasteiger partial charge in [-0.2, -0.15) is 0 Å². The van der Waals surface area contributed by atoms with Crippen LogP contribution in [0.5, 0.6) is 5.75 Å². The Balaban J connectivity index is 1.87. The summed E-state index contributed by atoms with van der Waals surface area (Å²) < 4.78 is 6.38. The molecular weight excluding hydrogens is 372 g/mol. The van der Waals surface area contributed by atoms with Crippen LogP contribution in [0.25, 0.3) is 0 Å². The molecule has 5 nitrogen and oxygen atoms in total. The normalized spacial score (nSPS) is 15.2. The van der Waals surface area contributed by atoms with Gasteiger partial charge in [0.15, 0.2) is 0 Å². The highest BCUT2D eigenvalue weighted by Gasteiger charge is 2.21. The van der Waals surface area contributed by atoms with E-state index in [9.17, 15) is 9.59 Å². The van der Waals surface area contributed by atoms with E-state index in [1.54, 1.807) is 18.2 Å². The second-order valence-corrected chi connectivity index (χ2v) is 7.48. The zero-order chi connectivity index (χ0) is 17.5. The van der Waals surface area contributed by atoms with Crippen molar-refractivity contribution in [2.45, 2.75) is 46.0 Å². The van der Waals surface area contributed by atoms with E-state index in [0.717, 1.165) is 30.2 Å². The van der Waals surface area contributed by atoms with Gasteiger partial charge in [-0.1, -0.05) is 33.1 Å². The van der Waals surface area contributed by atoms with Crippen LogP contribution in [0.2, 0.25) is 0 Å². The quantitative estimate of drug-likeness (QED) is 0.743. The average molecular weight is 397 g/mol. The Labute approximate surface area is 151 Å². The molecule has 0 bridgehead atoms. The molecule has 24 heavy (non-hydrogen) atoms. The van der Waals surface area contributed by atoms with Crippen LogP contribution in [-0.2, 0) is 4.79 Å². The topological polar surface area (TPSA) is 67.4 Å². The lowest BCUT2D eigenvalue weighted by Gasteiger charge is -2.20. The molecule has 0 radical (unpaired) electrons. The monoisotopic (exact) mass is 396 g/mol. The molecule has 132 valence electrons. The van der Waals surface area contributed by atoms with Crippen molar-refractivity contribution >= 4 is 27.7 Å². The number of ether oxygens (including phenoxy) is 1. The zero-order valence-electron chi connectivity index (χ0n) is 14.2. The molecule has 0 atom stereocenters. The number of rotatable bonds is 5. The summed E-state index contributed by atoms with van der Waals surface area (Å²) >= 11 is 3.42. The second-order valence-electron chi connectivity index (χ2n) is 6.63. The van der Waals surface area contributed by atoms with Gasteiger partial charge in [0, 0.05) is 11.5 Å². The molecule has 1 fully saturated rings. The van der Waals surface area contributed by atoms with Gasteiger partial charge in [-0.15, -0.1) is 0 Å². The average Bonchev–Trinajstić information content (AvgIpc) is 2.58. The lowest BCUT2D eigenvalue weighted by molar-refractivity contribution is -0.126. The molecule has 2 amide bonds. The standard InChI is InChI=1S/C18H25BrN2O3/c1-12(2)11-24-16-9-8-14(10-15(16)19)18(23)21-20-17(22)13-6-4-3-5-7-13/h8-10,12-13H,3-7,11H2,1-2H3,(H,20,22)(H,21,23). The smallest absolute Gasteiger partial charge is 0.269 e. The Bertz CT molecular complexity index is 584. The van der Waals surface area contributed by atoms with E-state index < -0.39 is 0 Å². The Hall–Kier alpha value is -1.56. The van der Waals surface area contributed by atoms with Crippen LogP contribution < -0.4 is 15.6 Å². The molecule has 1 aromatic rings. The van der Waals surface area contributed by atoms with Gasteiger partial charge in [-0.05, 0) is 52.9 Å². The summed E-state index contributed by atoms with van der Waals surface area (Å²) in [4.78, 5) is 24.2. The highest BCUT2D eigenvalue weighted by molar-refractivity contribution is 9.10. The lowest BCUT2D eigenvalue weighted by atomic mass is 9.89. The molecular formula is C18H25BrN2O3. The molecule has 2 N–H and O–H groups in total. The van der Waals surface area contributed by atoms with E-state index in [2.05, 4.69) is 40.6 Å². The molecule has 0 aromatic heterocycles. The fourth-order valence-corrected chi connectivity index (χ4v) is 3.17. The van der Waals surface area contributed by atoms with Crippen molar-refractivity contribution in [1.29, 1.82) is 0 Å². The summed E-state index contributed by atoms with van der Waals surface area (Å²) in [5.74, 6) is 0.702. The molecule has 1 aliphatic rings. The first-order chi connectivity index (χ1) is 11.5. The minimum absolute atomic E-state index is 0.0117. The first-order valence-corrected chi connectivity index (χ1v) is 9.29. The van der Waals surface area contributed by atoms with Crippen molar-refractivity contribution in [2.75, 3.05) is 6.61 Å². The van der Waals surface area contributed by atoms with Crippen LogP contribution in [0.3, 0.4) is 0 Å². The van der Waals surface area contributed by atoms with Gasteiger partial charge in [-0.25, -0.2) is 0 Å². The van der Waals surface area contributed by atoms with Gasteiger partial charge in [-0.3, -0.25) is 20.4 Å². The number of nitrogens with one attached hydrogen (secondary N) is 2. The fourth-order valence-electron chi connectivity index (χ4n) is 2.67. The minimum Gasteiger partial charge on any atom is -0.492 e. The van der Waals surface area contributed by atoms with Crippen LogP contribution in [0.4, 0.5) is 0 Å². The van der Waals surface area contributed by atoms with Crippen molar-refractivity contribution < 1.29 is 14.3 Å². The van der Waals surface area contributed by atoms with Crippen molar-refractivity contribution in [3.8, 4) is 5.75 Å². The highest BCUT2D eigenvalue weighted by Crippen LogP contribution is 2.26. The van der Waals surface area contributed by atoms with Gasteiger partial charge in [0.05, 0.1) is 11.1 Å². The zero-order valence-corrected chi connectivity index (χ0v) is 15.8. The third-order valence-electron chi connectivity index (χ3n) is 4.04. The van der Waals surface area contributed by atoms with Gasteiger partial charge >= 0.3 is 0 Å². The van der Waals surface area contributed by atoms with E-state index >= 15 is 0 Å². The van der Waals surface area contributed by atoms with Crippen LogP contribution >= 0.6 is 15.9 Å². The minimum atomic E-state index is -0.338. The predicted octanol–water partition coefficient (Wildman–Crippen LogP) is 3.83. The Kier molecular flexibility index (Phi) is 7.09. The summed E-state index contributed by atoms with van der Waals surface area (Å²) in [6, 6.07) is 5.13. The van der Waals surface area contributed by atoms with E-state index in [0.29, 0.717) is 23.8 Å². The maximum atomic E-state index is 12.2. The lowest BCUT2D eigenvalue weighted by Crippen LogP contribution is -2.44. The molecule has 0 saturated heterocycles. The van der Waals surface area contributed by atoms with E-state index in [-0.39, 0.29) is 17.7 Å². The Morgan fingerprint density at radius 2 is 1.92 bits per heavy atom. The molecule has 6 heteroatoms. The number of hydrogen-bond donors (Lipinski definition) is 2. The first-order valence-electron chi connectivity index (χ1n) is 8.50. The molecule has 1 aliphatic carbocycles. The fraction of sp³-hybridized carbons (Fsp3) is 0.556. The summed E-state index contributed by atoms with van der Waals surface area (Å²) in [7, 11) is 0. The summed E-state index contributed by atoms with van der Waals surface area (Å²) in [5, 5.41) is 0. The molecule has 0 heterocycles. The van der Waals surface area contributed by atoms with Crippen LogP contribution in [0, 0.1) is 11.8 Å². The molecule has 2 rings (SSSR count). The maximum absolute atomic E-state index is 12.2. The largest absolute Gasteiger partial charge is 0.492 e. The number of hydrazine groups is 1. The molecule has 0 unspecified atom stereocenters. The Morgan fingerprint density at radius 1 is 1.21 bits per heavy atom. The van der Waals surface area contributed by atoms with Crippen LogP contribution in [-0.4, -0.2) is 18.4 Å². The predicted molar refractivity (Wildman–Crippen MR) is 96.7 cm³/mol. The molecule has 1 saturated carbocycles. The summed E-state index contributed by atoms with van der Waals surface area (Å²) in [5.41, 5.74) is 5.49. The number of hydrogen-bond acceptors (Lipinski definition) is 3. The van der Waals surface area contributed by atoms with Gasteiger partial charge in [0.2, 0.25) is 5.91 Å². The summed E-state index contributed by atoms with van der Waals surface area (Å²) in [6.45, 7) is 4.76. The number of halogens is 1. The number of benzene rings is 1. The maximum Gasteiger partial charge on any atom is 0.269 e. The van der Waals surface area contributed by atoms with E-state index in [4.69, 9.17) is 4.74 Å². The number of carbonyl (C=O) groups excluding carboxylic acids is 2. The second kappa shape index (κ2) is 9.06. The van der Waals surface area contributed by atoms with E-state index in [1.165, 1.54) is 6.42 Å². The third kappa shape index (κ3) is 5.51. The SMILES string of the molecule is CC(C)COc1ccc(C(=O)NNC(=O)C2CCCCC2)cc1Br. The third-order valence-corrected chi connectivity index (χ3v) is 4.66. The molecule has 1 aromatic carbocycles. The van der Waals surface area contributed by atoms with Gasteiger partial charge < -0.3 is 4.74 Å². The molecule has 0 spiro atoms. The van der Waals surface area contributed by atoms with Crippen molar-refractivity contribution in [3.05, 3.63) is 28.2 Å². The number of carbonyl (C=O) groups is 2. The van der Waals surface area contributed by atoms with Crippen molar-refractivity contribution in [3.63, 3.8) is 0 Å². The summed E-state index contributed by atoms with van der Waals surface area (Å²) in [6.07, 6.45) is 5.15. The number of amides is 2. The van der Waals surface area contributed by atoms with Gasteiger partial charge in [0.1, 0.15) is 5.75 Å². The van der Waals surface area contributed by atoms with Crippen molar-refractivity contribution in [2.24, 2.45) is 11.8 Å². The van der Waals surface area contributed by atoms with Crippen molar-refractivity contribution in [1.82, 2.24) is 10.9 Å².